The molecule has 0 bridgehead atoms. The summed E-state index contributed by atoms with van der Waals surface area (Å²) in [7, 11) is 0. The molecule has 9 aromatic carbocycles. The van der Waals surface area contributed by atoms with Crippen LogP contribution in [0.3, 0.4) is 0 Å². The molecule has 0 atom stereocenters. The Morgan fingerprint density at radius 1 is 0.306 bits per heavy atom. The van der Waals surface area contributed by atoms with Crippen LogP contribution in [0.15, 0.2) is 223 Å². The highest BCUT2D eigenvalue weighted by molar-refractivity contribution is 6.17. The summed E-state index contributed by atoms with van der Waals surface area (Å²) in [5.41, 5.74) is 14.8. The van der Waals surface area contributed by atoms with Gasteiger partial charge in [-0.1, -0.05) is 176 Å². The van der Waals surface area contributed by atoms with E-state index in [0.29, 0.717) is 17.5 Å². The van der Waals surface area contributed by atoms with Crippen LogP contribution < -0.4 is 0 Å². The fourth-order valence-corrected chi connectivity index (χ4v) is 8.93. The second-order valence-corrected chi connectivity index (χ2v) is 15.6. The van der Waals surface area contributed by atoms with Crippen LogP contribution in [0.4, 0.5) is 0 Å². The average molecular weight is 793 g/mol. The second-order valence-electron chi connectivity index (χ2n) is 15.6. The molecule has 0 unspecified atom stereocenters. The van der Waals surface area contributed by atoms with Gasteiger partial charge in [-0.15, -0.1) is 0 Å². The third-order valence-corrected chi connectivity index (χ3v) is 11.9. The number of para-hydroxylation sites is 2. The van der Waals surface area contributed by atoms with Gasteiger partial charge in [0.1, 0.15) is 11.2 Å². The van der Waals surface area contributed by atoms with Gasteiger partial charge in [0.15, 0.2) is 17.5 Å². The third-order valence-electron chi connectivity index (χ3n) is 11.9. The molecular weight excluding hydrogens is 757 g/mol. The van der Waals surface area contributed by atoms with E-state index < -0.39 is 0 Å². The highest BCUT2D eigenvalue weighted by Gasteiger charge is 2.20. The van der Waals surface area contributed by atoms with Gasteiger partial charge < -0.3 is 8.98 Å². The van der Waals surface area contributed by atoms with Gasteiger partial charge in [0.2, 0.25) is 0 Å². The second kappa shape index (κ2) is 14.7. The lowest BCUT2D eigenvalue weighted by atomic mass is 9.94. The zero-order valence-electron chi connectivity index (χ0n) is 33.5. The first kappa shape index (κ1) is 35.5. The van der Waals surface area contributed by atoms with Crippen molar-refractivity contribution in [3.8, 4) is 73.2 Å². The number of hydrogen-bond acceptors (Lipinski definition) is 4. The lowest BCUT2D eigenvalue weighted by Gasteiger charge is -2.13. The Morgan fingerprint density at radius 3 is 1.53 bits per heavy atom. The Kier molecular flexibility index (Phi) is 8.42. The maximum absolute atomic E-state index is 6.24. The van der Waals surface area contributed by atoms with E-state index >= 15 is 0 Å². The van der Waals surface area contributed by atoms with Crippen LogP contribution in [-0.2, 0) is 0 Å². The van der Waals surface area contributed by atoms with Crippen LogP contribution >= 0.6 is 0 Å². The normalized spacial score (nSPS) is 11.5. The van der Waals surface area contributed by atoms with E-state index in [1.807, 2.05) is 60.7 Å². The number of nitrogens with zero attached hydrogens (tertiary/aromatic N) is 4. The molecular formula is C57H36N4O. The van der Waals surface area contributed by atoms with Crippen molar-refractivity contribution in [3.63, 3.8) is 0 Å². The molecule has 0 amide bonds. The van der Waals surface area contributed by atoms with Gasteiger partial charge in [-0.3, -0.25) is 0 Å². The van der Waals surface area contributed by atoms with E-state index in [2.05, 4.69) is 162 Å². The molecule has 12 aromatic rings. The minimum absolute atomic E-state index is 0.600. The molecule has 62 heavy (non-hydrogen) atoms. The predicted molar refractivity (Wildman–Crippen MR) is 254 cm³/mol. The van der Waals surface area contributed by atoms with Crippen LogP contribution in [-0.4, -0.2) is 19.5 Å². The fraction of sp³-hybridized carbons (Fsp3) is 0. The Balaban J connectivity index is 0.942. The molecule has 5 nitrogen and oxygen atoms in total. The lowest BCUT2D eigenvalue weighted by Crippen LogP contribution is -2.00. The molecule has 0 radical (unpaired) electrons. The summed E-state index contributed by atoms with van der Waals surface area (Å²) in [5, 5.41) is 4.50. The highest BCUT2D eigenvalue weighted by Crippen LogP contribution is 2.42. The molecule has 5 heteroatoms. The van der Waals surface area contributed by atoms with Gasteiger partial charge in [0.05, 0.1) is 11.0 Å². The van der Waals surface area contributed by atoms with Crippen molar-refractivity contribution in [3.05, 3.63) is 218 Å². The van der Waals surface area contributed by atoms with Crippen molar-refractivity contribution in [1.82, 2.24) is 19.5 Å². The first-order valence-electron chi connectivity index (χ1n) is 20.8. The number of aromatic nitrogens is 4. The molecule has 12 rings (SSSR count). The molecule has 0 N–H and O–H groups in total. The van der Waals surface area contributed by atoms with Gasteiger partial charge in [-0.05, 0) is 75.8 Å². The largest absolute Gasteiger partial charge is 0.456 e. The summed E-state index contributed by atoms with van der Waals surface area (Å²) in [6.45, 7) is 0. The highest BCUT2D eigenvalue weighted by atomic mass is 16.3. The zero-order valence-corrected chi connectivity index (χ0v) is 33.5. The molecule has 0 fully saturated rings. The molecule has 0 saturated heterocycles. The third kappa shape index (κ3) is 6.06. The number of furan rings is 1. The number of benzene rings is 9. The molecule has 3 aromatic heterocycles. The molecule has 0 spiro atoms. The molecule has 0 aliphatic rings. The fourth-order valence-electron chi connectivity index (χ4n) is 8.93. The van der Waals surface area contributed by atoms with E-state index in [1.165, 1.54) is 44.1 Å². The molecule has 0 saturated carbocycles. The summed E-state index contributed by atoms with van der Waals surface area (Å²) in [6.07, 6.45) is 0. The van der Waals surface area contributed by atoms with Gasteiger partial charge >= 0.3 is 0 Å². The van der Waals surface area contributed by atoms with Gasteiger partial charge in [0.25, 0.3) is 0 Å². The first-order valence-corrected chi connectivity index (χ1v) is 20.8. The quantitative estimate of drug-likeness (QED) is 0.161. The van der Waals surface area contributed by atoms with Crippen LogP contribution in [0, 0.1) is 0 Å². The van der Waals surface area contributed by atoms with E-state index in [-0.39, 0.29) is 0 Å². The summed E-state index contributed by atoms with van der Waals surface area (Å²) in [4.78, 5) is 15.2. The van der Waals surface area contributed by atoms with E-state index in [4.69, 9.17) is 19.4 Å². The zero-order chi connectivity index (χ0) is 41.0. The topological polar surface area (TPSA) is 56.7 Å². The standard InChI is InChI=1S/C57H36N4O/c1-4-15-37(16-5-1)43-35-48(40-17-6-2-7-18-40)53-45-21-10-12-24-49(45)61(50(53)36-43)44-33-31-39(32-34-44)38-27-29-42(30-28-38)56-58-55(41-19-8-3-9-20-41)59-57(60-56)47-23-14-26-52-54(47)46-22-11-13-25-51(46)62-52/h1-36H. The lowest BCUT2D eigenvalue weighted by molar-refractivity contribution is 0.669. The van der Waals surface area contributed by atoms with Crippen LogP contribution in [0.1, 0.15) is 0 Å². The maximum Gasteiger partial charge on any atom is 0.164 e. The van der Waals surface area contributed by atoms with Gasteiger partial charge in [0, 0.05) is 43.9 Å². The Bertz CT molecular complexity index is 3590. The summed E-state index contributed by atoms with van der Waals surface area (Å²) < 4.78 is 8.64. The smallest absolute Gasteiger partial charge is 0.164 e. The minimum Gasteiger partial charge on any atom is -0.456 e. The summed E-state index contributed by atoms with van der Waals surface area (Å²) in [6, 6.07) is 76.5. The Labute approximate surface area is 357 Å². The number of rotatable bonds is 7. The average Bonchev–Trinajstić information content (AvgIpc) is 3.91. The molecule has 0 aliphatic carbocycles. The van der Waals surface area contributed by atoms with Crippen LogP contribution in [0.2, 0.25) is 0 Å². The molecule has 3 heterocycles. The molecule has 0 aliphatic heterocycles. The van der Waals surface area contributed by atoms with Crippen molar-refractivity contribution in [1.29, 1.82) is 0 Å². The van der Waals surface area contributed by atoms with E-state index in [9.17, 15) is 0 Å². The summed E-state index contributed by atoms with van der Waals surface area (Å²) >= 11 is 0. The van der Waals surface area contributed by atoms with Crippen LogP contribution in [0.25, 0.3) is 117 Å². The van der Waals surface area contributed by atoms with Crippen molar-refractivity contribution < 1.29 is 4.42 Å². The summed E-state index contributed by atoms with van der Waals surface area (Å²) in [5.74, 6) is 1.83. The van der Waals surface area contributed by atoms with Crippen LogP contribution in [0.5, 0.6) is 0 Å². The Hall–Kier alpha value is -8.41. The van der Waals surface area contributed by atoms with Crippen molar-refractivity contribution in [2.45, 2.75) is 0 Å². The first-order chi connectivity index (χ1) is 30.7. The minimum atomic E-state index is 0.600. The number of fused-ring (bicyclic) bond motifs is 6. The van der Waals surface area contributed by atoms with E-state index in [0.717, 1.165) is 55.4 Å². The monoisotopic (exact) mass is 792 g/mol. The van der Waals surface area contributed by atoms with Crippen molar-refractivity contribution >= 4 is 43.7 Å². The Morgan fingerprint density at radius 2 is 0.823 bits per heavy atom. The van der Waals surface area contributed by atoms with Gasteiger partial charge in [-0.2, -0.15) is 0 Å². The maximum atomic E-state index is 6.24. The number of hydrogen-bond donors (Lipinski definition) is 0. The predicted octanol–water partition coefficient (Wildman–Crippen LogP) is 14.9. The van der Waals surface area contributed by atoms with Crippen molar-refractivity contribution in [2.24, 2.45) is 0 Å². The SMILES string of the molecule is c1ccc(-c2cc(-c3ccccc3)c3c4ccccc4n(-c4ccc(-c5ccc(-c6nc(-c7ccccc7)nc(-c7cccc8oc9ccccc9c78)n6)cc5)cc4)c3c2)cc1. The van der Waals surface area contributed by atoms with E-state index in [1.54, 1.807) is 0 Å². The molecule has 290 valence electrons. The van der Waals surface area contributed by atoms with Crippen molar-refractivity contribution in [2.75, 3.05) is 0 Å². The van der Waals surface area contributed by atoms with Gasteiger partial charge in [-0.25, -0.2) is 15.0 Å².